The Morgan fingerprint density at radius 3 is 2.46 bits per heavy atom. The maximum Gasteiger partial charge on any atom is 0.0107 e. The summed E-state index contributed by atoms with van der Waals surface area (Å²) >= 11 is 0. The molecule has 2 nitrogen and oxygen atoms in total. The zero-order valence-corrected chi connectivity index (χ0v) is 9.18. The Labute approximate surface area is 82.7 Å². The van der Waals surface area contributed by atoms with Crippen molar-refractivity contribution < 1.29 is 0 Å². The molecule has 1 aliphatic rings. The van der Waals surface area contributed by atoms with Crippen molar-refractivity contribution in [3.05, 3.63) is 0 Å². The van der Waals surface area contributed by atoms with Crippen LogP contribution in [0.15, 0.2) is 0 Å². The van der Waals surface area contributed by atoms with Crippen LogP contribution in [0.3, 0.4) is 0 Å². The van der Waals surface area contributed by atoms with Crippen molar-refractivity contribution in [3.63, 3.8) is 0 Å². The first-order chi connectivity index (χ1) is 6.36. The molecule has 0 aromatic heterocycles. The maximum atomic E-state index is 3.40. The van der Waals surface area contributed by atoms with Crippen LogP contribution in [0, 0.1) is 5.92 Å². The number of nitrogens with one attached hydrogen (secondary N) is 1. The molecular weight excluding hydrogens is 160 g/mol. The molecule has 1 fully saturated rings. The Hall–Kier alpha value is -0.0800. The quantitative estimate of drug-likeness (QED) is 0.700. The van der Waals surface area contributed by atoms with Crippen LogP contribution in [-0.2, 0) is 0 Å². The van der Waals surface area contributed by atoms with Gasteiger partial charge in [0.15, 0.2) is 0 Å². The van der Waals surface area contributed by atoms with Crippen molar-refractivity contribution in [2.75, 3.05) is 32.7 Å². The molecule has 1 aliphatic heterocycles. The molecule has 0 radical (unpaired) electrons. The molecule has 1 unspecified atom stereocenters. The first-order valence-electron chi connectivity index (χ1n) is 5.79. The number of rotatable bonds is 5. The van der Waals surface area contributed by atoms with Crippen LogP contribution in [0.5, 0.6) is 0 Å². The van der Waals surface area contributed by atoms with Gasteiger partial charge in [-0.15, -0.1) is 0 Å². The fourth-order valence-electron chi connectivity index (χ4n) is 2.09. The predicted molar refractivity (Wildman–Crippen MR) is 58.0 cm³/mol. The largest absolute Gasteiger partial charge is 0.314 e. The predicted octanol–water partition coefficient (Wildman–Crippen LogP) is 1.72. The number of piperazine rings is 1. The fourth-order valence-corrected chi connectivity index (χ4v) is 2.09. The topological polar surface area (TPSA) is 15.3 Å². The molecule has 0 amide bonds. The first kappa shape index (κ1) is 11.0. The summed E-state index contributed by atoms with van der Waals surface area (Å²) in [5.74, 6) is 0.933. The van der Waals surface area contributed by atoms with Crippen LogP contribution < -0.4 is 5.32 Å². The van der Waals surface area contributed by atoms with Crippen molar-refractivity contribution >= 4 is 0 Å². The van der Waals surface area contributed by atoms with E-state index < -0.39 is 0 Å². The first-order valence-corrected chi connectivity index (χ1v) is 5.79. The lowest BCUT2D eigenvalue weighted by Gasteiger charge is -2.30. The van der Waals surface area contributed by atoms with E-state index in [0.717, 1.165) is 5.92 Å². The average Bonchev–Trinajstić information content (AvgIpc) is 2.19. The van der Waals surface area contributed by atoms with E-state index in [-0.39, 0.29) is 0 Å². The lowest BCUT2D eigenvalue weighted by atomic mass is 10.00. The minimum atomic E-state index is 0.933. The van der Waals surface area contributed by atoms with Crippen molar-refractivity contribution in [1.82, 2.24) is 10.2 Å². The van der Waals surface area contributed by atoms with E-state index in [9.17, 15) is 0 Å². The molecular formula is C11H24N2. The van der Waals surface area contributed by atoms with Crippen molar-refractivity contribution in [3.8, 4) is 0 Å². The highest BCUT2D eigenvalue weighted by Crippen LogP contribution is 2.12. The second-order valence-corrected chi connectivity index (χ2v) is 4.11. The lowest BCUT2D eigenvalue weighted by molar-refractivity contribution is 0.197. The number of hydrogen-bond acceptors (Lipinski definition) is 2. The molecule has 1 rings (SSSR count). The summed E-state index contributed by atoms with van der Waals surface area (Å²) in [6, 6.07) is 0. The van der Waals surface area contributed by atoms with Crippen molar-refractivity contribution in [2.45, 2.75) is 33.1 Å². The van der Waals surface area contributed by atoms with Crippen LogP contribution in [0.1, 0.15) is 33.1 Å². The molecule has 0 saturated carbocycles. The normalized spacial score (nSPS) is 21.7. The molecule has 1 N–H and O–H groups in total. The van der Waals surface area contributed by atoms with E-state index in [4.69, 9.17) is 0 Å². The minimum absolute atomic E-state index is 0.933. The average molecular weight is 184 g/mol. The van der Waals surface area contributed by atoms with Crippen molar-refractivity contribution in [1.29, 1.82) is 0 Å². The fraction of sp³-hybridized carbons (Fsp3) is 1.00. The second-order valence-electron chi connectivity index (χ2n) is 4.11. The summed E-state index contributed by atoms with van der Waals surface area (Å²) in [7, 11) is 0. The lowest BCUT2D eigenvalue weighted by Crippen LogP contribution is -2.45. The van der Waals surface area contributed by atoms with Gasteiger partial charge in [-0.1, -0.05) is 26.7 Å². The van der Waals surface area contributed by atoms with Gasteiger partial charge in [0, 0.05) is 32.7 Å². The molecule has 13 heavy (non-hydrogen) atoms. The van der Waals surface area contributed by atoms with Gasteiger partial charge in [-0.25, -0.2) is 0 Å². The molecule has 0 bridgehead atoms. The van der Waals surface area contributed by atoms with Crippen LogP contribution in [0.4, 0.5) is 0 Å². The summed E-state index contributed by atoms with van der Waals surface area (Å²) in [4.78, 5) is 2.61. The van der Waals surface area contributed by atoms with E-state index in [1.54, 1.807) is 0 Å². The molecule has 78 valence electrons. The molecule has 0 aromatic carbocycles. The van der Waals surface area contributed by atoms with Gasteiger partial charge >= 0.3 is 0 Å². The monoisotopic (exact) mass is 184 g/mol. The summed E-state index contributed by atoms with van der Waals surface area (Å²) < 4.78 is 0. The van der Waals surface area contributed by atoms with Gasteiger partial charge in [-0.2, -0.15) is 0 Å². The third-order valence-electron chi connectivity index (χ3n) is 3.00. The van der Waals surface area contributed by atoms with Crippen LogP contribution >= 0.6 is 0 Å². The van der Waals surface area contributed by atoms with Gasteiger partial charge in [0.25, 0.3) is 0 Å². The summed E-state index contributed by atoms with van der Waals surface area (Å²) in [5.41, 5.74) is 0. The Morgan fingerprint density at radius 2 is 1.92 bits per heavy atom. The van der Waals surface area contributed by atoms with Gasteiger partial charge in [0.05, 0.1) is 0 Å². The molecule has 2 heteroatoms. The number of nitrogens with zero attached hydrogens (tertiary/aromatic N) is 1. The van der Waals surface area contributed by atoms with Gasteiger partial charge in [0.1, 0.15) is 0 Å². The third kappa shape index (κ3) is 4.10. The highest BCUT2D eigenvalue weighted by Gasteiger charge is 2.13. The van der Waals surface area contributed by atoms with Gasteiger partial charge in [-0.3, -0.25) is 0 Å². The standard InChI is InChI=1S/C11H24N2/c1-3-5-11(4-2)10-13-8-6-12-7-9-13/h11-12H,3-10H2,1-2H3. The Morgan fingerprint density at radius 1 is 1.23 bits per heavy atom. The highest BCUT2D eigenvalue weighted by atomic mass is 15.2. The smallest absolute Gasteiger partial charge is 0.0107 e. The van der Waals surface area contributed by atoms with Crippen LogP contribution in [0.25, 0.3) is 0 Å². The summed E-state index contributed by atoms with van der Waals surface area (Å²) in [6.45, 7) is 10.8. The molecule has 0 aliphatic carbocycles. The zero-order valence-electron chi connectivity index (χ0n) is 9.18. The van der Waals surface area contributed by atoms with E-state index in [0.29, 0.717) is 0 Å². The zero-order chi connectivity index (χ0) is 9.52. The summed E-state index contributed by atoms with van der Waals surface area (Å²) in [6.07, 6.45) is 4.09. The summed E-state index contributed by atoms with van der Waals surface area (Å²) in [5, 5.41) is 3.40. The third-order valence-corrected chi connectivity index (χ3v) is 3.00. The molecule has 0 aromatic rings. The van der Waals surface area contributed by atoms with E-state index in [2.05, 4.69) is 24.1 Å². The van der Waals surface area contributed by atoms with Gasteiger partial charge in [0.2, 0.25) is 0 Å². The van der Waals surface area contributed by atoms with E-state index in [1.165, 1.54) is 52.0 Å². The van der Waals surface area contributed by atoms with Crippen molar-refractivity contribution in [2.24, 2.45) is 5.92 Å². The highest BCUT2D eigenvalue weighted by molar-refractivity contribution is 4.70. The molecule has 0 spiro atoms. The Kier molecular flexibility index (Phi) is 5.40. The molecule has 1 saturated heterocycles. The van der Waals surface area contributed by atoms with Gasteiger partial charge in [-0.05, 0) is 12.3 Å². The molecule has 1 atom stereocenters. The van der Waals surface area contributed by atoms with E-state index >= 15 is 0 Å². The van der Waals surface area contributed by atoms with E-state index in [1.807, 2.05) is 0 Å². The SMILES string of the molecule is CCCC(CC)CN1CCNCC1. The Balaban J connectivity index is 2.18. The molecule has 1 heterocycles. The maximum absolute atomic E-state index is 3.40. The second kappa shape index (κ2) is 6.39. The van der Waals surface area contributed by atoms with Gasteiger partial charge < -0.3 is 10.2 Å². The minimum Gasteiger partial charge on any atom is -0.314 e. The van der Waals surface area contributed by atoms with Crippen LogP contribution in [0.2, 0.25) is 0 Å². The number of hydrogen-bond donors (Lipinski definition) is 1. The Bertz CT molecular complexity index is 117. The van der Waals surface area contributed by atoms with Crippen LogP contribution in [-0.4, -0.2) is 37.6 Å².